The van der Waals surface area contributed by atoms with Crippen molar-refractivity contribution in [3.05, 3.63) is 23.9 Å². The second-order valence-electron chi connectivity index (χ2n) is 2.86. The van der Waals surface area contributed by atoms with Crippen LogP contribution in [0.1, 0.15) is 33.1 Å². The molecule has 1 nitrogen and oxygen atoms in total. The van der Waals surface area contributed by atoms with Crippen molar-refractivity contribution in [3.63, 3.8) is 0 Å². The maximum absolute atomic E-state index is 4.34. The molecule has 0 fully saturated rings. The summed E-state index contributed by atoms with van der Waals surface area (Å²) >= 11 is 0. The van der Waals surface area contributed by atoms with E-state index in [0.29, 0.717) is 0 Å². The molecule has 0 unspecified atom stereocenters. The predicted octanol–water partition coefficient (Wildman–Crippen LogP) is 3.09. The predicted molar refractivity (Wildman–Crippen MR) is 49.9 cm³/mol. The summed E-state index contributed by atoms with van der Waals surface area (Å²) in [6, 6.07) is 0. The van der Waals surface area contributed by atoms with Crippen molar-refractivity contribution in [1.29, 1.82) is 0 Å². The molecular formula is C10H15N. The molecule has 1 heteroatoms. The van der Waals surface area contributed by atoms with Crippen molar-refractivity contribution >= 4 is 5.71 Å². The summed E-state index contributed by atoms with van der Waals surface area (Å²) in [6.07, 6.45) is 9.69. The number of allylic oxidation sites excluding steroid dienone is 3. The second kappa shape index (κ2) is 4.12. The molecule has 1 heterocycles. The van der Waals surface area contributed by atoms with Crippen molar-refractivity contribution in [2.45, 2.75) is 33.1 Å². The summed E-state index contributed by atoms with van der Waals surface area (Å²) < 4.78 is 0. The third kappa shape index (κ3) is 2.71. The van der Waals surface area contributed by atoms with Crippen LogP contribution in [0.3, 0.4) is 0 Å². The van der Waals surface area contributed by atoms with Crippen LogP contribution in [-0.4, -0.2) is 5.71 Å². The lowest BCUT2D eigenvalue weighted by molar-refractivity contribution is 1.05. The smallest absolute Gasteiger partial charge is 0.0298 e. The Balaban J connectivity index is 2.75. The number of hydrogen-bond donors (Lipinski definition) is 0. The fourth-order valence-electron chi connectivity index (χ4n) is 1.04. The summed E-state index contributed by atoms with van der Waals surface area (Å²) in [6.45, 7) is 4.24. The van der Waals surface area contributed by atoms with Gasteiger partial charge in [-0.1, -0.05) is 19.1 Å². The first-order chi connectivity index (χ1) is 5.33. The van der Waals surface area contributed by atoms with Crippen LogP contribution in [0.2, 0.25) is 0 Å². The van der Waals surface area contributed by atoms with E-state index in [2.05, 4.69) is 31.0 Å². The lowest BCUT2D eigenvalue weighted by atomic mass is 10.1. The van der Waals surface area contributed by atoms with Gasteiger partial charge in [-0.3, -0.25) is 4.99 Å². The van der Waals surface area contributed by atoms with Crippen LogP contribution in [0.25, 0.3) is 0 Å². The average molecular weight is 149 g/mol. The van der Waals surface area contributed by atoms with Crippen molar-refractivity contribution in [3.8, 4) is 0 Å². The van der Waals surface area contributed by atoms with Gasteiger partial charge in [0, 0.05) is 11.9 Å². The molecule has 0 bridgehead atoms. The van der Waals surface area contributed by atoms with Gasteiger partial charge in [0.05, 0.1) is 0 Å². The van der Waals surface area contributed by atoms with Crippen molar-refractivity contribution in [2.75, 3.05) is 0 Å². The van der Waals surface area contributed by atoms with E-state index < -0.39 is 0 Å². The normalized spacial score (nSPS) is 26.0. The molecule has 1 rings (SSSR count). The van der Waals surface area contributed by atoms with E-state index in [1.165, 1.54) is 11.3 Å². The molecule has 0 saturated carbocycles. The first kappa shape index (κ1) is 8.25. The topological polar surface area (TPSA) is 12.4 Å². The largest absolute Gasteiger partial charge is 0.266 e. The zero-order valence-corrected chi connectivity index (χ0v) is 7.30. The van der Waals surface area contributed by atoms with E-state index in [9.17, 15) is 0 Å². The highest BCUT2D eigenvalue weighted by Gasteiger charge is 1.93. The molecular weight excluding hydrogens is 134 g/mol. The van der Waals surface area contributed by atoms with Gasteiger partial charge < -0.3 is 0 Å². The van der Waals surface area contributed by atoms with Gasteiger partial charge in [0.2, 0.25) is 0 Å². The fraction of sp³-hybridized carbons (Fsp3) is 0.500. The zero-order chi connectivity index (χ0) is 8.10. The van der Waals surface area contributed by atoms with Gasteiger partial charge in [-0.2, -0.15) is 0 Å². The molecule has 11 heavy (non-hydrogen) atoms. The third-order valence-corrected chi connectivity index (χ3v) is 1.86. The van der Waals surface area contributed by atoms with Gasteiger partial charge in [-0.15, -0.1) is 0 Å². The Bertz CT molecular complexity index is 209. The quantitative estimate of drug-likeness (QED) is 0.543. The van der Waals surface area contributed by atoms with Crippen LogP contribution >= 0.6 is 0 Å². The minimum Gasteiger partial charge on any atom is -0.266 e. The highest BCUT2D eigenvalue weighted by molar-refractivity contribution is 5.82. The minimum absolute atomic E-state index is 1.08. The Morgan fingerprint density at radius 1 is 1.55 bits per heavy atom. The van der Waals surface area contributed by atoms with Crippen LogP contribution < -0.4 is 0 Å². The lowest BCUT2D eigenvalue weighted by Gasteiger charge is -2.01. The molecule has 0 saturated heterocycles. The first-order valence-electron chi connectivity index (χ1n) is 4.21. The zero-order valence-electron chi connectivity index (χ0n) is 7.30. The molecule has 0 spiro atoms. The third-order valence-electron chi connectivity index (χ3n) is 1.86. The molecule has 0 aromatic heterocycles. The Hall–Kier alpha value is -0.850. The second-order valence-corrected chi connectivity index (χ2v) is 2.86. The minimum atomic E-state index is 1.08. The number of aliphatic imine (C=N–C) groups is 1. The van der Waals surface area contributed by atoms with Crippen LogP contribution in [-0.2, 0) is 0 Å². The molecule has 0 N–H and O–H groups in total. The van der Waals surface area contributed by atoms with Gasteiger partial charge in [0.1, 0.15) is 0 Å². The Morgan fingerprint density at radius 2 is 2.36 bits per heavy atom. The van der Waals surface area contributed by atoms with Gasteiger partial charge in [0.15, 0.2) is 0 Å². The average Bonchev–Trinajstić information content (AvgIpc) is 1.98. The number of rotatable bonds is 1. The van der Waals surface area contributed by atoms with Crippen LogP contribution in [0.5, 0.6) is 0 Å². The van der Waals surface area contributed by atoms with Crippen molar-refractivity contribution < 1.29 is 0 Å². The Kier molecular flexibility index (Phi) is 3.09. The van der Waals surface area contributed by atoms with Gasteiger partial charge in [-0.05, 0) is 31.8 Å². The van der Waals surface area contributed by atoms with Crippen molar-refractivity contribution in [2.24, 2.45) is 4.99 Å². The molecule has 0 radical (unpaired) electrons. The highest BCUT2D eigenvalue weighted by atomic mass is 14.7. The van der Waals surface area contributed by atoms with E-state index in [-0.39, 0.29) is 0 Å². The van der Waals surface area contributed by atoms with Crippen LogP contribution in [0.15, 0.2) is 28.9 Å². The molecule has 0 aromatic carbocycles. The van der Waals surface area contributed by atoms with E-state index in [0.717, 1.165) is 19.3 Å². The molecule has 1 aliphatic rings. The summed E-state index contributed by atoms with van der Waals surface area (Å²) in [5.41, 5.74) is 2.56. The van der Waals surface area contributed by atoms with E-state index in [1.807, 2.05) is 6.20 Å². The fourth-order valence-corrected chi connectivity index (χ4v) is 1.04. The number of nitrogens with zero attached hydrogens (tertiary/aromatic N) is 1. The summed E-state index contributed by atoms with van der Waals surface area (Å²) in [5, 5.41) is 0. The van der Waals surface area contributed by atoms with E-state index >= 15 is 0 Å². The molecule has 0 amide bonds. The van der Waals surface area contributed by atoms with Crippen LogP contribution in [0.4, 0.5) is 0 Å². The molecule has 60 valence electrons. The summed E-state index contributed by atoms with van der Waals surface area (Å²) in [4.78, 5) is 4.34. The van der Waals surface area contributed by atoms with Gasteiger partial charge in [-0.25, -0.2) is 0 Å². The first-order valence-corrected chi connectivity index (χ1v) is 4.21. The molecule has 0 aromatic rings. The summed E-state index contributed by atoms with van der Waals surface area (Å²) in [7, 11) is 0. The van der Waals surface area contributed by atoms with Gasteiger partial charge in [0.25, 0.3) is 0 Å². The lowest BCUT2D eigenvalue weighted by Crippen LogP contribution is -1.91. The standard InChI is InChI=1S/C10H15N/c1-3-10-7-5-4-6-9(2)11-8-10/h5,7-8H,3-4,6H2,1-2H3/b7-5-,10-8-,11-9?. The molecule has 0 aliphatic carbocycles. The monoisotopic (exact) mass is 149 g/mol. The van der Waals surface area contributed by atoms with E-state index in [1.54, 1.807) is 0 Å². The Labute approximate surface area is 68.5 Å². The van der Waals surface area contributed by atoms with E-state index in [4.69, 9.17) is 0 Å². The maximum Gasteiger partial charge on any atom is 0.0298 e. The molecule has 1 aliphatic heterocycles. The SMILES string of the molecule is CCC1=C/N=C(C)CC/C=C\1. The molecule has 0 atom stereocenters. The number of hydrogen-bond acceptors (Lipinski definition) is 1. The summed E-state index contributed by atoms with van der Waals surface area (Å²) in [5.74, 6) is 0. The maximum atomic E-state index is 4.34. The van der Waals surface area contributed by atoms with Crippen LogP contribution in [0, 0.1) is 0 Å². The Morgan fingerprint density at radius 3 is 3.09 bits per heavy atom. The van der Waals surface area contributed by atoms with Gasteiger partial charge >= 0.3 is 0 Å². The highest BCUT2D eigenvalue weighted by Crippen LogP contribution is 2.08. The van der Waals surface area contributed by atoms with Crippen molar-refractivity contribution in [1.82, 2.24) is 0 Å².